The quantitative estimate of drug-likeness (QED) is 0.370. The summed E-state index contributed by atoms with van der Waals surface area (Å²) in [5, 5.41) is 17.9. The lowest BCUT2D eigenvalue weighted by atomic mass is 10.0. The molecule has 0 aliphatic carbocycles. The smallest absolute Gasteiger partial charge is 0.246 e. The van der Waals surface area contributed by atoms with Crippen LogP contribution in [-0.4, -0.2) is 40.2 Å². The fraction of sp³-hybridized carbons (Fsp3) is 0.296. The van der Waals surface area contributed by atoms with Crippen LogP contribution in [0.3, 0.4) is 0 Å². The van der Waals surface area contributed by atoms with Crippen molar-refractivity contribution >= 4 is 22.6 Å². The number of carbonyl (C=O) groups excluding carboxylic acids is 1. The van der Waals surface area contributed by atoms with Crippen LogP contribution in [0.5, 0.6) is 0 Å². The lowest BCUT2D eigenvalue weighted by molar-refractivity contribution is -0.116. The van der Waals surface area contributed by atoms with E-state index in [0.717, 1.165) is 57.1 Å². The molecule has 0 aliphatic rings. The summed E-state index contributed by atoms with van der Waals surface area (Å²) in [5.74, 6) is -0.174. The number of hydrogen-bond donors (Lipinski definition) is 1. The highest BCUT2D eigenvalue weighted by Crippen LogP contribution is 2.29. The van der Waals surface area contributed by atoms with E-state index in [9.17, 15) is 4.79 Å². The third-order valence-corrected chi connectivity index (χ3v) is 6.52. The topological polar surface area (TPSA) is 95.5 Å². The Labute approximate surface area is 209 Å². The van der Waals surface area contributed by atoms with E-state index in [0.29, 0.717) is 12.2 Å². The van der Waals surface area contributed by atoms with Crippen LogP contribution in [0.25, 0.3) is 22.2 Å². The van der Waals surface area contributed by atoms with Gasteiger partial charge in [-0.05, 0) is 51.8 Å². The van der Waals surface area contributed by atoms with Gasteiger partial charge in [0, 0.05) is 29.9 Å². The molecule has 0 atom stereocenters. The van der Waals surface area contributed by atoms with E-state index in [2.05, 4.69) is 44.7 Å². The second-order valence-corrected chi connectivity index (χ2v) is 9.01. The molecule has 36 heavy (non-hydrogen) atoms. The van der Waals surface area contributed by atoms with Gasteiger partial charge in [0.1, 0.15) is 6.54 Å². The number of aryl methyl sites for hydroxylation is 4. The predicted octanol–water partition coefficient (Wildman–Crippen LogP) is 4.43. The van der Waals surface area contributed by atoms with E-state index in [-0.39, 0.29) is 12.5 Å². The third-order valence-electron chi connectivity index (χ3n) is 6.52. The molecular weight excluding hydrogens is 452 g/mol. The molecule has 184 valence electrons. The molecule has 4 aromatic heterocycles. The molecule has 1 amide bonds. The number of aromatic nitrogens is 7. The molecule has 0 radical (unpaired) electrons. The van der Waals surface area contributed by atoms with Gasteiger partial charge < -0.3 is 5.32 Å². The Balaban J connectivity index is 1.38. The number of fused-ring (bicyclic) bond motifs is 1. The Morgan fingerprint density at radius 3 is 2.39 bits per heavy atom. The van der Waals surface area contributed by atoms with E-state index in [1.807, 2.05) is 67.5 Å². The summed E-state index contributed by atoms with van der Waals surface area (Å²) in [5.41, 5.74) is 8.17. The summed E-state index contributed by atoms with van der Waals surface area (Å²) >= 11 is 0. The summed E-state index contributed by atoms with van der Waals surface area (Å²) in [7, 11) is 0. The lowest BCUT2D eigenvalue weighted by Crippen LogP contribution is -2.20. The predicted molar refractivity (Wildman–Crippen MR) is 140 cm³/mol. The zero-order valence-corrected chi connectivity index (χ0v) is 21.3. The van der Waals surface area contributed by atoms with Crippen molar-refractivity contribution in [3.8, 4) is 11.1 Å². The number of pyridine rings is 1. The molecule has 0 spiro atoms. The highest BCUT2D eigenvalue weighted by atomic mass is 16.2. The SMILES string of the molecule is CCn1cc(Cn2nc(C)c(NC(=O)Cn3nc(C)c4c(-c5ccccc5)ccnc43)c2C)c(C)n1. The van der Waals surface area contributed by atoms with Crippen LogP contribution in [0.4, 0.5) is 5.69 Å². The number of anilines is 1. The van der Waals surface area contributed by atoms with Crippen LogP contribution in [0.1, 0.15) is 35.3 Å². The van der Waals surface area contributed by atoms with E-state index in [4.69, 9.17) is 0 Å². The molecular formula is C27H30N8O. The van der Waals surface area contributed by atoms with Crippen LogP contribution in [-0.2, 0) is 24.4 Å². The van der Waals surface area contributed by atoms with Crippen molar-refractivity contribution in [2.75, 3.05) is 5.32 Å². The van der Waals surface area contributed by atoms with Crippen LogP contribution < -0.4 is 5.32 Å². The van der Waals surface area contributed by atoms with Gasteiger partial charge in [-0.3, -0.25) is 14.2 Å². The number of amides is 1. The van der Waals surface area contributed by atoms with Gasteiger partial charge in [-0.2, -0.15) is 15.3 Å². The molecule has 1 aromatic carbocycles. The number of rotatable bonds is 7. The fourth-order valence-electron chi connectivity index (χ4n) is 4.63. The minimum atomic E-state index is -0.174. The average Bonchev–Trinajstić information content (AvgIpc) is 3.48. The minimum absolute atomic E-state index is 0.0576. The second kappa shape index (κ2) is 9.41. The maximum atomic E-state index is 13.1. The molecule has 0 bridgehead atoms. The molecule has 0 saturated heterocycles. The number of carbonyl (C=O) groups is 1. The van der Waals surface area contributed by atoms with Gasteiger partial charge in [-0.15, -0.1) is 0 Å². The van der Waals surface area contributed by atoms with Gasteiger partial charge in [-0.25, -0.2) is 9.67 Å². The standard InChI is InChI=1S/C27H30N8O/c1-6-33-14-22(17(2)30-33)15-34-20(5)26(19(4)32-34)29-24(36)16-35-27-25(18(3)31-35)23(12-13-28-27)21-10-8-7-9-11-21/h7-14H,6,15-16H2,1-5H3,(H,29,36). The Morgan fingerprint density at radius 1 is 0.917 bits per heavy atom. The molecule has 0 fully saturated rings. The van der Waals surface area contributed by atoms with Gasteiger partial charge in [0.2, 0.25) is 5.91 Å². The monoisotopic (exact) mass is 482 g/mol. The number of hydrogen-bond acceptors (Lipinski definition) is 5. The number of nitrogens with one attached hydrogen (secondary N) is 1. The Morgan fingerprint density at radius 2 is 1.67 bits per heavy atom. The molecule has 0 saturated carbocycles. The van der Waals surface area contributed by atoms with Crippen LogP contribution in [0.15, 0.2) is 48.8 Å². The highest BCUT2D eigenvalue weighted by molar-refractivity contribution is 5.96. The molecule has 5 rings (SSSR count). The number of nitrogens with zero attached hydrogens (tertiary/aromatic N) is 7. The largest absolute Gasteiger partial charge is 0.321 e. The van der Waals surface area contributed by atoms with E-state index in [1.165, 1.54) is 0 Å². The summed E-state index contributed by atoms with van der Waals surface area (Å²) in [6.45, 7) is 11.4. The first kappa shape index (κ1) is 23.5. The van der Waals surface area contributed by atoms with Gasteiger partial charge >= 0.3 is 0 Å². The minimum Gasteiger partial charge on any atom is -0.321 e. The summed E-state index contributed by atoms with van der Waals surface area (Å²) in [4.78, 5) is 17.7. The molecule has 0 unspecified atom stereocenters. The van der Waals surface area contributed by atoms with Crippen molar-refractivity contribution < 1.29 is 4.79 Å². The van der Waals surface area contributed by atoms with Gasteiger partial charge in [0.05, 0.1) is 35.0 Å². The van der Waals surface area contributed by atoms with Crippen LogP contribution >= 0.6 is 0 Å². The summed E-state index contributed by atoms with van der Waals surface area (Å²) in [6, 6.07) is 12.1. The molecule has 5 aromatic rings. The first-order valence-corrected chi connectivity index (χ1v) is 12.1. The third kappa shape index (κ3) is 4.28. The van der Waals surface area contributed by atoms with Gasteiger partial charge in [0.25, 0.3) is 0 Å². The average molecular weight is 483 g/mol. The zero-order chi connectivity index (χ0) is 25.4. The van der Waals surface area contributed by atoms with E-state index < -0.39 is 0 Å². The Kier molecular flexibility index (Phi) is 6.13. The maximum Gasteiger partial charge on any atom is 0.246 e. The first-order valence-electron chi connectivity index (χ1n) is 12.1. The first-order chi connectivity index (χ1) is 17.4. The highest BCUT2D eigenvalue weighted by Gasteiger charge is 2.19. The van der Waals surface area contributed by atoms with Crippen molar-refractivity contribution in [3.05, 3.63) is 77.1 Å². The fourth-order valence-corrected chi connectivity index (χ4v) is 4.63. The molecule has 1 N–H and O–H groups in total. The van der Waals surface area contributed by atoms with Crippen molar-refractivity contribution in [3.63, 3.8) is 0 Å². The van der Waals surface area contributed by atoms with Crippen molar-refractivity contribution in [2.24, 2.45) is 0 Å². The lowest BCUT2D eigenvalue weighted by Gasteiger charge is -2.08. The van der Waals surface area contributed by atoms with E-state index >= 15 is 0 Å². The molecule has 9 heteroatoms. The molecule has 9 nitrogen and oxygen atoms in total. The maximum absolute atomic E-state index is 13.1. The normalized spacial score (nSPS) is 11.4. The van der Waals surface area contributed by atoms with Crippen molar-refractivity contribution in [1.82, 2.24) is 34.3 Å². The van der Waals surface area contributed by atoms with Crippen molar-refractivity contribution in [2.45, 2.75) is 54.3 Å². The molecule has 0 aliphatic heterocycles. The Bertz CT molecular complexity index is 1560. The van der Waals surface area contributed by atoms with Crippen molar-refractivity contribution in [1.29, 1.82) is 0 Å². The van der Waals surface area contributed by atoms with E-state index in [1.54, 1.807) is 10.9 Å². The molecule has 4 heterocycles. The van der Waals surface area contributed by atoms with Crippen LogP contribution in [0, 0.1) is 27.7 Å². The zero-order valence-electron chi connectivity index (χ0n) is 21.3. The van der Waals surface area contributed by atoms with Crippen LogP contribution in [0.2, 0.25) is 0 Å². The summed E-state index contributed by atoms with van der Waals surface area (Å²) in [6.07, 6.45) is 3.81. The second-order valence-electron chi connectivity index (χ2n) is 9.01. The van der Waals surface area contributed by atoms with Gasteiger partial charge in [-0.1, -0.05) is 30.3 Å². The Hall–Kier alpha value is -4.27. The number of benzene rings is 1. The van der Waals surface area contributed by atoms with Gasteiger partial charge in [0.15, 0.2) is 5.65 Å². The summed E-state index contributed by atoms with van der Waals surface area (Å²) < 4.78 is 5.51.